The van der Waals surface area contributed by atoms with E-state index in [2.05, 4.69) is 35.6 Å². The van der Waals surface area contributed by atoms with Crippen molar-refractivity contribution in [3.63, 3.8) is 0 Å². The monoisotopic (exact) mass is 801 g/mol. The molecule has 5 aliphatic rings. The van der Waals surface area contributed by atoms with Crippen molar-refractivity contribution in [2.24, 2.45) is 11.7 Å². The maximum Gasteiger partial charge on any atom is 0.328 e. The summed E-state index contributed by atoms with van der Waals surface area (Å²) >= 11 is 0. The first kappa shape index (κ1) is 39.0. The SMILES string of the molecule is CN1CCN([C@@H]2CCCN(c3nnc(C(N)=O)c(Nc4ccc(N5CCN(CC6CCN(c7ccc(N8CCC(=O)NC8=O)c(F)c7)CC6)CC5)c(F)c4)n3)C2)C1=O. The van der Waals surface area contributed by atoms with E-state index in [0.29, 0.717) is 62.5 Å². The summed E-state index contributed by atoms with van der Waals surface area (Å²) in [6.07, 6.45) is 3.75. The second kappa shape index (κ2) is 16.6. The molecule has 17 nitrogen and oxygen atoms in total. The number of nitrogens with one attached hydrogen (secondary N) is 2. The molecule has 0 radical (unpaired) electrons. The van der Waals surface area contributed by atoms with Crippen LogP contribution >= 0.6 is 0 Å². The molecule has 58 heavy (non-hydrogen) atoms. The van der Waals surface area contributed by atoms with Crippen molar-refractivity contribution >= 4 is 58.4 Å². The lowest BCUT2D eigenvalue weighted by molar-refractivity contribution is -0.120. The Morgan fingerprint density at radius 3 is 2.29 bits per heavy atom. The molecular weight excluding hydrogens is 753 g/mol. The molecular formula is C39H49F2N13O4. The summed E-state index contributed by atoms with van der Waals surface area (Å²) < 4.78 is 30.8. The van der Waals surface area contributed by atoms with Crippen molar-refractivity contribution in [2.45, 2.75) is 38.1 Å². The number of hydrogen-bond acceptors (Lipinski definition) is 12. The third kappa shape index (κ3) is 8.25. The van der Waals surface area contributed by atoms with Crippen LogP contribution in [0.5, 0.6) is 0 Å². The summed E-state index contributed by atoms with van der Waals surface area (Å²) in [4.78, 5) is 66.6. The largest absolute Gasteiger partial charge is 0.371 e. The number of amides is 6. The van der Waals surface area contributed by atoms with Crippen LogP contribution in [-0.4, -0.2) is 145 Å². The number of nitrogens with two attached hydrogens (primary N) is 1. The Kier molecular flexibility index (Phi) is 11.1. The van der Waals surface area contributed by atoms with Crippen molar-refractivity contribution in [1.29, 1.82) is 0 Å². The first-order valence-electron chi connectivity index (χ1n) is 20.0. The van der Waals surface area contributed by atoms with Crippen LogP contribution in [0.1, 0.15) is 42.6 Å². The number of primary amides is 1. The molecule has 1 atom stereocenters. The number of rotatable bonds is 10. The van der Waals surface area contributed by atoms with Crippen LogP contribution < -0.4 is 36.0 Å². The van der Waals surface area contributed by atoms with E-state index in [-0.39, 0.29) is 48.1 Å². The molecule has 0 bridgehead atoms. The second-order valence-electron chi connectivity index (χ2n) is 15.7. The van der Waals surface area contributed by atoms with Crippen LogP contribution in [0.3, 0.4) is 0 Å². The van der Waals surface area contributed by atoms with Gasteiger partial charge in [0.2, 0.25) is 11.9 Å². The van der Waals surface area contributed by atoms with Gasteiger partial charge in [-0.1, -0.05) is 0 Å². The van der Waals surface area contributed by atoms with Gasteiger partial charge in [0.15, 0.2) is 11.5 Å². The van der Waals surface area contributed by atoms with Gasteiger partial charge >= 0.3 is 12.1 Å². The molecule has 6 amide bonds. The third-order valence-corrected chi connectivity index (χ3v) is 12.0. The Labute approximate surface area is 335 Å². The number of hydrogen-bond donors (Lipinski definition) is 3. The first-order chi connectivity index (χ1) is 28.0. The Bertz CT molecular complexity index is 2060. The van der Waals surface area contributed by atoms with E-state index >= 15 is 8.78 Å². The van der Waals surface area contributed by atoms with Crippen molar-refractivity contribution in [3.8, 4) is 0 Å². The van der Waals surface area contributed by atoms with Gasteiger partial charge in [-0.2, -0.15) is 4.98 Å². The number of carbonyl (C=O) groups excluding carboxylic acids is 4. The minimum atomic E-state index is -0.816. The molecule has 0 saturated carbocycles. The quantitative estimate of drug-likeness (QED) is 0.274. The van der Waals surface area contributed by atoms with E-state index in [1.807, 2.05) is 20.8 Å². The first-order valence-corrected chi connectivity index (χ1v) is 20.0. The van der Waals surface area contributed by atoms with Gasteiger partial charge in [-0.25, -0.2) is 18.4 Å². The topological polar surface area (TPSA) is 180 Å². The summed E-state index contributed by atoms with van der Waals surface area (Å²) in [6, 6.07) is 9.14. The van der Waals surface area contributed by atoms with E-state index in [1.54, 1.807) is 30.1 Å². The highest BCUT2D eigenvalue weighted by Gasteiger charge is 2.35. The van der Waals surface area contributed by atoms with Crippen LogP contribution in [0.25, 0.3) is 0 Å². The van der Waals surface area contributed by atoms with Crippen LogP contribution in [-0.2, 0) is 4.79 Å². The van der Waals surface area contributed by atoms with Crippen molar-refractivity contribution in [1.82, 2.24) is 35.2 Å². The lowest BCUT2D eigenvalue weighted by atomic mass is 9.95. The van der Waals surface area contributed by atoms with Gasteiger partial charge in [0.25, 0.3) is 5.91 Å². The second-order valence-corrected chi connectivity index (χ2v) is 15.7. The van der Waals surface area contributed by atoms with Gasteiger partial charge in [0.05, 0.1) is 17.4 Å². The summed E-state index contributed by atoms with van der Waals surface area (Å²) in [5.41, 5.74) is 7.27. The Morgan fingerprint density at radius 2 is 1.60 bits per heavy atom. The maximum atomic E-state index is 15.7. The average Bonchev–Trinajstić information content (AvgIpc) is 3.55. The van der Waals surface area contributed by atoms with E-state index in [0.717, 1.165) is 64.1 Å². The molecule has 0 aliphatic carbocycles. The molecule has 19 heteroatoms. The fourth-order valence-corrected chi connectivity index (χ4v) is 8.70. The van der Waals surface area contributed by atoms with Gasteiger partial charge < -0.3 is 35.6 Å². The number of halogens is 2. The summed E-state index contributed by atoms with van der Waals surface area (Å²) in [6.45, 7) is 8.11. The molecule has 8 rings (SSSR count). The van der Waals surface area contributed by atoms with Crippen LogP contribution in [0.15, 0.2) is 36.4 Å². The number of nitrogens with zero attached hydrogens (tertiary/aromatic N) is 10. The van der Waals surface area contributed by atoms with Crippen molar-refractivity contribution < 1.29 is 28.0 Å². The molecule has 0 unspecified atom stereocenters. The highest BCUT2D eigenvalue weighted by atomic mass is 19.1. The van der Waals surface area contributed by atoms with Gasteiger partial charge in [0, 0.05) is 103 Å². The molecule has 0 spiro atoms. The molecule has 3 aromatic rings. The summed E-state index contributed by atoms with van der Waals surface area (Å²) in [7, 11) is 1.79. The number of urea groups is 2. The van der Waals surface area contributed by atoms with Gasteiger partial charge in [-0.05, 0) is 68.0 Å². The zero-order valence-electron chi connectivity index (χ0n) is 32.6. The number of anilines is 6. The minimum Gasteiger partial charge on any atom is -0.371 e. The molecule has 5 aliphatic heterocycles. The number of imide groups is 1. The van der Waals surface area contributed by atoms with Crippen molar-refractivity contribution in [2.75, 3.05) is 111 Å². The molecule has 1 aromatic heterocycles. The van der Waals surface area contributed by atoms with Crippen LogP contribution in [0.4, 0.5) is 52.9 Å². The molecule has 308 valence electrons. The zero-order chi connectivity index (χ0) is 40.5. The molecule has 5 fully saturated rings. The summed E-state index contributed by atoms with van der Waals surface area (Å²) in [5.74, 6) is -1.22. The number of benzene rings is 2. The normalized spacial score (nSPS) is 21.2. The number of aromatic nitrogens is 3. The fraction of sp³-hybridized carbons (Fsp3) is 0.513. The van der Waals surface area contributed by atoms with Crippen LogP contribution in [0, 0.1) is 17.6 Å². The number of likely N-dealkylation sites (N-methyl/N-ethyl adjacent to an activating group) is 1. The number of carbonyl (C=O) groups is 4. The predicted octanol–water partition coefficient (Wildman–Crippen LogP) is 2.81. The molecule has 2 aromatic carbocycles. The van der Waals surface area contributed by atoms with E-state index in [1.165, 1.54) is 17.0 Å². The van der Waals surface area contributed by atoms with E-state index < -0.39 is 23.6 Å². The molecule has 5 saturated heterocycles. The van der Waals surface area contributed by atoms with E-state index in [9.17, 15) is 19.2 Å². The smallest absolute Gasteiger partial charge is 0.328 e. The third-order valence-electron chi connectivity index (χ3n) is 12.0. The Balaban J connectivity index is 0.829. The van der Waals surface area contributed by atoms with Gasteiger partial charge in [-0.3, -0.25) is 24.7 Å². The van der Waals surface area contributed by atoms with Gasteiger partial charge in [0.1, 0.15) is 11.6 Å². The predicted molar refractivity (Wildman–Crippen MR) is 213 cm³/mol. The highest BCUT2D eigenvalue weighted by Crippen LogP contribution is 2.31. The lowest BCUT2D eigenvalue weighted by Crippen LogP contribution is -2.50. The summed E-state index contributed by atoms with van der Waals surface area (Å²) in [5, 5.41) is 13.5. The van der Waals surface area contributed by atoms with Crippen molar-refractivity contribution in [3.05, 3.63) is 53.7 Å². The Hall–Kier alpha value is -5.85. The molecule has 4 N–H and O–H groups in total. The maximum absolute atomic E-state index is 15.7. The zero-order valence-corrected chi connectivity index (χ0v) is 32.6. The number of piperidine rings is 2. The van der Waals surface area contributed by atoms with E-state index in [4.69, 9.17) is 5.73 Å². The lowest BCUT2D eigenvalue weighted by Gasteiger charge is -2.40. The average molecular weight is 802 g/mol. The Morgan fingerprint density at radius 1 is 0.845 bits per heavy atom. The fourth-order valence-electron chi connectivity index (χ4n) is 8.70. The van der Waals surface area contributed by atoms with Crippen LogP contribution in [0.2, 0.25) is 0 Å². The number of piperazine rings is 1. The minimum absolute atomic E-state index is 0.00225. The standard InChI is InChI=1S/C39H49F2N13O4/c1-48-15-20-53(39(48)58)28-3-2-11-52(24-28)37-45-36(34(35(42)56)46-47-37)43-26-4-6-31(29(40)21-26)51-18-16-49(17-19-51)23-25-8-12-50(13-9-25)27-5-7-32(30(41)22-27)54-14-10-33(55)44-38(54)57/h4-7,21-22,25,28H,2-3,8-20,23-24H2,1H3,(H2,42,56)(H,43,45,47)(H,44,55,57)/t28-/m1/s1. The highest BCUT2D eigenvalue weighted by molar-refractivity contribution is 6.05. The molecule has 6 heterocycles. The van der Waals surface area contributed by atoms with Gasteiger partial charge in [-0.15, -0.1) is 10.2 Å².